The van der Waals surface area contributed by atoms with Gasteiger partial charge in [0.2, 0.25) is 0 Å². The van der Waals surface area contributed by atoms with E-state index in [1.54, 1.807) is 19.9 Å². The predicted molar refractivity (Wildman–Crippen MR) is 76.9 cm³/mol. The monoisotopic (exact) mass is 290 g/mol. The van der Waals surface area contributed by atoms with Crippen molar-refractivity contribution >= 4 is 5.69 Å². The lowest BCUT2D eigenvalue weighted by Gasteiger charge is -2.10. The molecule has 0 amide bonds. The van der Waals surface area contributed by atoms with E-state index in [4.69, 9.17) is 10.5 Å². The lowest BCUT2D eigenvalue weighted by molar-refractivity contribution is -0.385. The fourth-order valence-electron chi connectivity index (χ4n) is 1.91. The van der Waals surface area contributed by atoms with Gasteiger partial charge in [0.1, 0.15) is 5.75 Å². The first-order chi connectivity index (χ1) is 9.88. The normalized spacial score (nSPS) is 12.0. The van der Waals surface area contributed by atoms with Crippen molar-refractivity contribution in [3.05, 3.63) is 63.5 Å². The Morgan fingerprint density at radius 2 is 2.00 bits per heavy atom. The highest BCUT2D eigenvalue weighted by atomic mass is 19.1. The molecule has 0 heterocycles. The summed E-state index contributed by atoms with van der Waals surface area (Å²) in [6, 6.07) is 8.49. The van der Waals surface area contributed by atoms with Crippen molar-refractivity contribution in [3.63, 3.8) is 0 Å². The van der Waals surface area contributed by atoms with Crippen LogP contribution in [0.25, 0.3) is 0 Å². The third kappa shape index (κ3) is 3.35. The van der Waals surface area contributed by atoms with Gasteiger partial charge in [0.15, 0.2) is 11.6 Å². The van der Waals surface area contributed by atoms with E-state index in [-0.39, 0.29) is 17.5 Å². The largest absolute Gasteiger partial charge is 0.454 e. The molecule has 2 aromatic rings. The molecule has 0 bridgehead atoms. The second-order valence-corrected chi connectivity index (χ2v) is 4.79. The predicted octanol–water partition coefficient (Wildman–Crippen LogP) is 3.85. The van der Waals surface area contributed by atoms with Crippen LogP contribution in [-0.2, 0) is 0 Å². The van der Waals surface area contributed by atoms with Gasteiger partial charge in [-0.05, 0) is 43.7 Å². The van der Waals surface area contributed by atoms with Gasteiger partial charge in [0.25, 0.3) is 5.69 Å². The second kappa shape index (κ2) is 5.88. The summed E-state index contributed by atoms with van der Waals surface area (Å²) in [5.74, 6) is -0.140. The first kappa shape index (κ1) is 14.9. The molecule has 0 spiro atoms. The molecule has 2 rings (SSSR count). The number of ether oxygens (including phenoxy) is 1. The van der Waals surface area contributed by atoms with Gasteiger partial charge >= 0.3 is 0 Å². The van der Waals surface area contributed by atoms with E-state index < -0.39 is 10.7 Å². The van der Waals surface area contributed by atoms with Gasteiger partial charge in [-0.1, -0.05) is 6.07 Å². The number of aryl methyl sites for hydroxylation is 1. The maximum absolute atomic E-state index is 13.9. The van der Waals surface area contributed by atoms with Gasteiger partial charge in [-0.15, -0.1) is 0 Å². The van der Waals surface area contributed by atoms with Gasteiger partial charge < -0.3 is 10.5 Å². The van der Waals surface area contributed by atoms with Crippen LogP contribution in [0, 0.1) is 22.9 Å². The smallest absolute Gasteiger partial charge is 0.272 e. The lowest BCUT2D eigenvalue weighted by atomic mass is 10.1. The fraction of sp³-hybridized carbons (Fsp3) is 0.200. The van der Waals surface area contributed by atoms with E-state index >= 15 is 0 Å². The molecule has 5 nitrogen and oxygen atoms in total. The Kier molecular flexibility index (Phi) is 4.18. The van der Waals surface area contributed by atoms with E-state index in [1.165, 1.54) is 30.3 Å². The Morgan fingerprint density at radius 3 is 2.52 bits per heavy atom. The van der Waals surface area contributed by atoms with Crippen LogP contribution in [0.3, 0.4) is 0 Å². The van der Waals surface area contributed by atoms with Gasteiger partial charge in [0.05, 0.1) is 4.92 Å². The molecule has 110 valence electrons. The maximum Gasteiger partial charge on any atom is 0.272 e. The van der Waals surface area contributed by atoms with E-state index in [0.29, 0.717) is 16.9 Å². The van der Waals surface area contributed by atoms with Crippen LogP contribution in [0.1, 0.15) is 24.1 Å². The van der Waals surface area contributed by atoms with E-state index in [2.05, 4.69) is 0 Å². The Morgan fingerprint density at radius 1 is 1.29 bits per heavy atom. The van der Waals surface area contributed by atoms with Crippen LogP contribution in [0.5, 0.6) is 11.5 Å². The third-order valence-corrected chi connectivity index (χ3v) is 3.07. The summed E-state index contributed by atoms with van der Waals surface area (Å²) in [6.45, 7) is 3.36. The number of nitro groups is 1. The molecule has 0 fully saturated rings. The highest BCUT2D eigenvalue weighted by Crippen LogP contribution is 2.29. The SMILES string of the molecule is Cc1cc(Oc2ccc([C@H](C)N)cc2F)ccc1[N+](=O)[O-]. The first-order valence-electron chi connectivity index (χ1n) is 6.36. The quantitative estimate of drug-likeness (QED) is 0.685. The van der Waals surface area contributed by atoms with Crippen LogP contribution in [-0.4, -0.2) is 4.92 Å². The number of hydrogen-bond acceptors (Lipinski definition) is 4. The van der Waals surface area contributed by atoms with E-state index in [1.807, 2.05) is 0 Å². The van der Waals surface area contributed by atoms with Crippen molar-refractivity contribution in [2.24, 2.45) is 5.73 Å². The Balaban J connectivity index is 2.26. The topological polar surface area (TPSA) is 78.4 Å². The van der Waals surface area contributed by atoms with Gasteiger partial charge in [0, 0.05) is 17.7 Å². The summed E-state index contributed by atoms with van der Waals surface area (Å²) >= 11 is 0. The number of halogens is 1. The molecule has 0 radical (unpaired) electrons. The van der Waals surface area contributed by atoms with E-state index in [0.717, 1.165) is 0 Å². The molecule has 0 aromatic heterocycles. The molecule has 6 heteroatoms. The lowest BCUT2D eigenvalue weighted by Crippen LogP contribution is -2.05. The molecular weight excluding hydrogens is 275 g/mol. The number of hydrogen-bond donors (Lipinski definition) is 1. The molecule has 1 atom stereocenters. The van der Waals surface area contributed by atoms with Gasteiger partial charge in [-0.3, -0.25) is 10.1 Å². The minimum atomic E-state index is -0.527. The molecule has 0 aliphatic heterocycles. The van der Waals surface area contributed by atoms with Gasteiger partial charge in [-0.2, -0.15) is 0 Å². The third-order valence-electron chi connectivity index (χ3n) is 3.07. The maximum atomic E-state index is 13.9. The fourth-order valence-corrected chi connectivity index (χ4v) is 1.91. The number of benzene rings is 2. The standard InChI is InChI=1S/C15H15FN2O3/c1-9-7-12(4-5-14(9)18(19)20)21-15-6-3-11(10(2)17)8-13(15)16/h3-8,10H,17H2,1-2H3/t10-/m0/s1. The van der Waals surface area contributed by atoms with Crippen molar-refractivity contribution in [2.45, 2.75) is 19.9 Å². The molecule has 0 aliphatic rings. The summed E-state index contributed by atoms with van der Waals surface area (Å²) in [5, 5.41) is 10.7. The average molecular weight is 290 g/mol. The molecule has 0 saturated heterocycles. The minimum absolute atomic E-state index is 0.00451. The molecule has 0 saturated carbocycles. The van der Waals surface area contributed by atoms with Crippen molar-refractivity contribution in [1.29, 1.82) is 0 Å². The molecule has 2 N–H and O–H groups in total. The molecular formula is C15H15FN2O3. The van der Waals surface area contributed by atoms with Crippen LogP contribution in [0.4, 0.5) is 10.1 Å². The summed E-state index contributed by atoms with van der Waals surface area (Å²) in [7, 11) is 0. The highest BCUT2D eigenvalue weighted by molar-refractivity contribution is 5.46. The average Bonchev–Trinajstić information content (AvgIpc) is 2.40. The number of nitrogens with two attached hydrogens (primary N) is 1. The van der Waals surface area contributed by atoms with Gasteiger partial charge in [-0.25, -0.2) is 4.39 Å². The summed E-state index contributed by atoms with van der Waals surface area (Å²) < 4.78 is 19.3. The minimum Gasteiger partial charge on any atom is -0.454 e. The van der Waals surface area contributed by atoms with E-state index in [9.17, 15) is 14.5 Å². The molecule has 0 unspecified atom stereocenters. The van der Waals surface area contributed by atoms with Crippen molar-refractivity contribution in [3.8, 4) is 11.5 Å². The second-order valence-electron chi connectivity index (χ2n) is 4.79. The summed E-state index contributed by atoms with van der Waals surface area (Å²) in [5.41, 5.74) is 6.79. The van der Waals surface area contributed by atoms with Crippen LogP contribution in [0.2, 0.25) is 0 Å². The summed E-state index contributed by atoms with van der Waals surface area (Å²) in [6.07, 6.45) is 0. The Bertz CT molecular complexity index is 687. The van der Waals surface area contributed by atoms with Crippen LogP contribution >= 0.6 is 0 Å². The zero-order valence-electron chi connectivity index (χ0n) is 11.7. The highest BCUT2D eigenvalue weighted by Gasteiger charge is 2.13. The zero-order chi connectivity index (χ0) is 15.6. The summed E-state index contributed by atoms with van der Waals surface area (Å²) in [4.78, 5) is 10.3. The zero-order valence-corrected chi connectivity index (χ0v) is 11.7. The number of rotatable bonds is 4. The van der Waals surface area contributed by atoms with Crippen molar-refractivity contribution < 1.29 is 14.1 Å². The van der Waals surface area contributed by atoms with Crippen molar-refractivity contribution in [1.82, 2.24) is 0 Å². The van der Waals surface area contributed by atoms with Crippen molar-refractivity contribution in [2.75, 3.05) is 0 Å². The molecule has 21 heavy (non-hydrogen) atoms. The number of nitro benzene ring substituents is 1. The Labute approximate surface area is 121 Å². The first-order valence-corrected chi connectivity index (χ1v) is 6.36. The Hall–Kier alpha value is -2.47. The molecule has 0 aliphatic carbocycles. The molecule has 2 aromatic carbocycles. The van der Waals surface area contributed by atoms with Crippen LogP contribution < -0.4 is 10.5 Å². The number of nitrogens with zero attached hydrogens (tertiary/aromatic N) is 1. The van der Waals surface area contributed by atoms with Crippen LogP contribution in [0.15, 0.2) is 36.4 Å².